The van der Waals surface area contributed by atoms with Crippen LogP contribution in [-0.2, 0) is 14.8 Å². The molecule has 0 bridgehead atoms. The van der Waals surface area contributed by atoms with Gasteiger partial charge in [-0.3, -0.25) is 4.99 Å². The van der Waals surface area contributed by atoms with Crippen LogP contribution in [0.3, 0.4) is 0 Å². The highest BCUT2D eigenvalue weighted by Crippen LogP contribution is 2.20. The number of hydrogen-bond donors (Lipinski definition) is 2. The minimum atomic E-state index is -3.03. The molecule has 1 rings (SSSR count). The number of aliphatic imine (C=N–C) groups is 1. The highest BCUT2D eigenvalue weighted by molar-refractivity contribution is 7.89. The fourth-order valence-electron chi connectivity index (χ4n) is 2.39. The Morgan fingerprint density at radius 3 is 2.50 bits per heavy atom. The topological polar surface area (TPSA) is 83.0 Å². The van der Waals surface area contributed by atoms with Crippen molar-refractivity contribution >= 4 is 16.0 Å². The summed E-state index contributed by atoms with van der Waals surface area (Å²) in [4.78, 5) is 4.15. The van der Waals surface area contributed by atoms with Crippen LogP contribution in [0.5, 0.6) is 0 Å². The molecule has 1 saturated heterocycles. The monoisotopic (exact) mass is 334 g/mol. The lowest BCUT2D eigenvalue weighted by atomic mass is 9.89. The van der Waals surface area contributed by atoms with Gasteiger partial charge in [0.05, 0.1) is 11.9 Å². The first kappa shape index (κ1) is 19.2. The van der Waals surface area contributed by atoms with Gasteiger partial charge in [0.15, 0.2) is 5.96 Å². The molecule has 1 aliphatic heterocycles. The number of methoxy groups -OCH3 is 1. The van der Waals surface area contributed by atoms with Crippen molar-refractivity contribution in [2.75, 3.05) is 46.1 Å². The third-order valence-corrected chi connectivity index (χ3v) is 5.74. The van der Waals surface area contributed by atoms with Gasteiger partial charge in [0.1, 0.15) is 0 Å². The van der Waals surface area contributed by atoms with Gasteiger partial charge in [-0.25, -0.2) is 12.7 Å². The second kappa shape index (κ2) is 8.12. The van der Waals surface area contributed by atoms with E-state index >= 15 is 0 Å². The molecule has 0 saturated carbocycles. The molecule has 0 aromatic heterocycles. The fraction of sp³-hybridized carbons (Fsp3) is 0.929. The van der Waals surface area contributed by atoms with Gasteiger partial charge in [0.25, 0.3) is 0 Å². The Bertz CT molecular complexity index is 471. The molecule has 1 unspecified atom stereocenters. The first-order chi connectivity index (χ1) is 10.2. The van der Waals surface area contributed by atoms with Gasteiger partial charge >= 0.3 is 0 Å². The molecule has 0 aromatic rings. The van der Waals surface area contributed by atoms with E-state index in [0.717, 1.165) is 6.42 Å². The molecule has 0 aliphatic carbocycles. The van der Waals surface area contributed by atoms with Crippen LogP contribution in [0.2, 0.25) is 0 Å². The van der Waals surface area contributed by atoms with Gasteiger partial charge in [0.2, 0.25) is 10.0 Å². The number of rotatable bonds is 6. The summed E-state index contributed by atoms with van der Waals surface area (Å²) in [7, 11) is 0.368. The van der Waals surface area contributed by atoms with Crippen molar-refractivity contribution in [1.82, 2.24) is 14.9 Å². The lowest BCUT2D eigenvalue weighted by molar-refractivity contribution is 0.0205. The Kier molecular flexibility index (Phi) is 7.08. The van der Waals surface area contributed by atoms with Crippen molar-refractivity contribution in [3.8, 4) is 0 Å². The van der Waals surface area contributed by atoms with Crippen LogP contribution in [-0.4, -0.2) is 70.9 Å². The van der Waals surface area contributed by atoms with Gasteiger partial charge < -0.3 is 15.4 Å². The van der Waals surface area contributed by atoms with Crippen molar-refractivity contribution in [2.24, 2.45) is 10.4 Å². The summed E-state index contributed by atoms with van der Waals surface area (Å²) in [5, 5.41) is 6.36. The number of guanidine groups is 1. The van der Waals surface area contributed by atoms with Gasteiger partial charge in [-0.15, -0.1) is 0 Å². The van der Waals surface area contributed by atoms with Gasteiger partial charge in [-0.1, -0.05) is 20.8 Å². The molecule has 22 heavy (non-hydrogen) atoms. The second-order valence-corrected chi connectivity index (χ2v) is 8.63. The summed E-state index contributed by atoms with van der Waals surface area (Å²) in [5.41, 5.74) is 0.0320. The van der Waals surface area contributed by atoms with E-state index in [0.29, 0.717) is 32.1 Å². The van der Waals surface area contributed by atoms with E-state index in [-0.39, 0.29) is 17.3 Å². The maximum atomic E-state index is 11.7. The van der Waals surface area contributed by atoms with Crippen LogP contribution in [0.15, 0.2) is 4.99 Å². The Morgan fingerprint density at radius 1 is 1.36 bits per heavy atom. The van der Waals surface area contributed by atoms with E-state index < -0.39 is 10.0 Å². The highest BCUT2D eigenvalue weighted by Gasteiger charge is 2.27. The summed E-state index contributed by atoms with van der Waals surface area (Å²) in [6.45, 7) is 8.63. The molecular weight excluding hydrogens is 304 g/mol. The molecule has 8 heteroatoms. The van der Waals surface area contributed by atoms with Crippen LogP contribution < -0.4 is 10.6 Å². The summed E-state index contributed by atoms with van der Waals surface area (Å²) in [6.07, 6.45) is 0.779. The second-order valence-electron chi connectivity index (χ2n) is 6.54. The molecule has 130 valence electrons. The van der Waals surface area contributed by atoms with E-state index in [1.54, 1.807) is 14.2 Å². The van der Waals surface area contributed by atoms with Crippen molar-refractivity contribution in [3.63, 3.8) is 0 Å². The Hall–Kier alpha value is -0.860. The predicted molar refractivity (Wildman–Crippen MR) is 89.6 cm³/mol. The first-order valence-corrected chi connectivity index (χ1v) is 9.27. The number of nitrogens with one attached hydrogen (secondary N) is 2. The third kappa shape index (κ3) is 5.73. The van der Waals surface area contributed by atoms with Crippen LogP contribution in [0.1, 0.15) is 27.2 Å². The van der Waals surface area contributed by atoms with Crippen molar-refractivity contribution in [2.45, 2.75) is 33.3 Å². The SMILES string of the molecule is CN=C(NCCN1CCCS1(=O)=O)NCC(OC)C(C)(C)C. The molecule has 1 aliphatic rings. The number of nitrogens with zero attached hydrogens (tertiary/aromatic N) is 2. The summed E-state index contributed by atoms with van der Waals surface area (Å²) in [6, 6.07) is 0. The lowest BCUT2D eigenvalue weighted by Crippen LogP contribution is -2.47. The van der Waals surface area contributed by atoms with Gasteiger partial charge in [0, 0.05) is 40.3 Å². The van der Waals surface area contributed by atoms with Crippen molar-refractivity contribution in [1.29, 1.82) is 0 Å². The molecule has 0 spiro atoms. The average Bonchev–Trinajstić information content (AvgIpc) is 2.75. The molecule has 0 amide bonds. The summed E-state index contributed by atoms with van der Waals surface area (Å²) in [5.74, 6) is 0.920. The zero-order valence-electron chi connectivity index (χ0n) is 14.3. The zero-order valence-corrected chi connectivity index (χ0v) is 15.2. The molecule has 1 fully saturated rings. The van der Waals surface area contributed by atoms with Crippen LogP contribution in [0.25, 0.3) is 0 Å². The minimum Gasteiger partial charge on any atom is -0.379 e. The number of sulfonamides is 1. The first-order valence-electron chi connectivity index (χ1n) is 7.66. The van der Waals surface area contributed by atoms with Crippen LogP contribution >= 0.6 is 0 Å². The highest BCUT2D eigenvalue weighted by atomic mass is 32.2. The average molecular weight is 334 g/mol. The molecule has 2 N–H and O–H groups in total. The summed E-state index contributed by atoms with van der Waals surface area (Å²) < 4.78 is 30.4. The molecule has 0 aromatic carbocycles. The standard InChI is InChI=1S/C14H30N4O3S/c1-14(2,3)12(21-5)11-17-13(15-4)16-7-9-18-8-6-10-22(18,19)20/h12H,6-11H2,1-5H3,(H2,15,16,17). The minimum absolute atomic E-state index is 0.0320. The zero-order chi connectivity index (χ0) is 16.8. The van der Waals surface area contributed by atoms with Crippen LogP contribution in [0.4, 0.5) is 0 Å². The van der Waals surface area contributed by atoms with Crippen LogP contribution in [0, 0.1) is 5.41 Å². The fourth-order valence-corrected chi connectivity index (χ4v) is 3.92. The van der Waals surface area contributed by atoms with Gasteiger partial charge in [-0.2, -0.15) is 0 Å². The summed E-state index contributed by atoms with van der Waals surface area (Å²) >= 11 is 0. The molecular formula is C14H30N4O3S. The van der Waals surface area contributed by atoms with Gasteiger partial charge in [-0.05, 0) is 11.8 Å². The Morgan fingerprint density at radius 2 is 2.05 bits per heavy atom. The smallest absolute Gasteiger partial charge is 0.214 e. The molecule has 0 radical (unpaired) electrons. The molecule has 7 nitrogen and oxygen atoms in total. The predicted octanol–water partition coefficient (Wildman–Crippen LogP) is 0.248. The molecule has 1 heterocycles. The van der Waals surface area contributed by atoms with E-state index in [2.05, 4.69) is 36.4 Å². The molecule has 1 atom stereocenters. The van der Waals surface area contributed by atoms with Crippen molar-refractivity contribution < 1.29 is 13.2 Å². The van der Waals surface area contributed by atoms with E-state index in [1.807, 2.05) is 0 Å². The quantitative estimate of drug-likeness (QED) is 0.537. The number of hydrogen-bond acceptors (Lipinski definition) is 4. The van der Waals surface area contributed by atoms with E-state index in [4.69, 9.17) is 4.74 Å². The normalized spacial score (nSPS) is 20.9. The Balaban J connectivity index is 2.37. The van der Waals surface area contributed by atoms with E-state index in [9.17, 15) is 8.42 Å². The van der Waals surface area contributed by atoms with Crippen molar-refractivity contribution in [3.05, 3.63) is 0 Å². The van der Waals surface area contributed by atoms with E-state index in [1.165, 1.54) is 4.31 Å². The maximum Gasteiger partial charge on any atom is 0.214 e. The number of ether oxygens (including phenoxy) is 1. The maximum absolute atomic E-state index is 11.7. The largest absolute Gasteiger partial charge is 0.379 e. The Labute approximate surface area is 134 Å². The lowest BCUT2D eigenvalue weighted by Gasteiger charge is -2.30. The third-order valence-electron chi connectivity index (χ3n) is 3.79.